The molecule has 0 unspecified atom stereocenters. The zero-order valence-corrected chi connectivity index (χ0v) is 23.2. The Balaban J connectivity index is 1.32. The highest BCUT2D eigenvalue weighted by atomic mass is 19.4. The summed E-state index contributed by atoms with van der Waals surface area (Å²) in [4.78, 5) is 30.0. The number of carbonyl (C=O) groups is 2. The third-order valence-corrected chi connectivity index (χ3v) is 8.38. The Morgan fingerprint density at radius 1 is 0.829 bits per heavy atom. The van der Waals surface area contributed by atoms with Crippen molar-refractivity contribution in [3.05, 3.63) is 65.7 Å². The van der Waals surface area contributed by atoms with Crippen molar-refractivity contribution in [1.29, 1.82) is 0 Å². The van der Waals surface area contributed by atoms with Gasteiger partial charge in [0.1, 0.15) is 0 Å². The van der Waals surface area contributed by atoms with Crippen molar-refractivity contribution in [1.82, 2.24) is 9.80 Å². The molecule has 41 heavy (non-hydrogen) atoms. The molecule has 224 valence electrons. The van der Waals surface area contributed by atoms with Crippen LogP contribution in [-0.4, -0.2) is 79.1 Å². The monoisotopic (exact) mass is 581 g/mol. The third-order valence-electron chi connectivity index (χ3n) is 8.38. The van der Waals surface area contributed by atoms with E-state index in [0.29, 0.717) is 24.3 Å². The minimum absolute atomic E-state index is 0.00342. The first-order valence-corrected chi connectivity index (χ1v) is 13.8. The average Bonchev–Trinajstić information content (AvgIpc) is 2.96. The lowest BCUT2D eigenvalue weighted by atomic mass is 9.81. The van der Waals surface area contributed by atoms with E-state index in [9.17, 15) is 36.6 Å². The van der Waals surface area contributed by atoms with Gasteiger partial charge in [-0.25, -0.2) is 0 Å². The molecule has 1 N–H and O–H groups in total. The summed E-state index contributed by atoms with van der Waals surface area (Å²) in [5.74, 6) is -6.72. The standard InChI is InChI=1S/C30H36F5N3O3/c1-36(2)26(39)23-8-10-25(11-9-23)37-16-12-21(13-17-37)20-22-14-18-38(19-15-22)27(40)28(41,24-6-4-3-5-7-24)29(31,32)30(33,34)35/h3-11,21-22,41H,12-20H2,1-2H3/t28-/m1/s1. The lowest BCUT2D eigenvalue weighted by Crippen LogP contribution is -2.63. The Bertz CT molecular complexity index is 1190. The number of hydrogen-bond donors (Lipinski definition) is 1. The van der Waals surface area contributed by atoms with Gasteiger partial charge < -0.3 is 19.8 Å². The summed E-state index contributed by atoms with van der Waals surface area (Å²) < 4.78 is 69.4. The third kappa shape index (κ3) is 6.19. The van der Waals surface area contributed by atoms with E-state index in [1.54, 1.807) is 14.1 Å². The minimum atomic E-state index is -6.12. The Hall–Kier alpha value is -3.21. The molecular formula is C30H36F5N3O3. The summed E-state index contributed by atoms with van der Waals surface area (Å²) in [6, 6.07) is 13.2. The van der Waals surface area contributed by atoms with Gasteiger partial charge in [-0.2, -0.15) is 22.0 Å². The van der Waals surface area contributed by atoms with Crippen LogP contribution in [-0.2, 0) is 10.4 Å². The lowest BCUT2D eigenvalue weighted by molar-refractivity contribution is -0.339. The fraction of sp³-hybridized carbons (Fsp3) is 0.533. The van der Waals surface area contributed by atoms with Gasteiger partial charge in [-0.1, -0.05) is 30.3 Å². The topological polar surface area (TPSA) is 64.1 Å². The molecular weight excluding hydrogens is 545 g/mol. The zero-order chi connectivity index (χ0) is 30.0. The number of piperidine rings is 2. The second kappa shape index (κ2) is 12.0. The smallest absolute Gasteiger partial charge is 0.372 e. The van der Waals surface area contributed by atoms with Crippen LogP contribution in [0.4, 0.5) is 27.6 Å². The number of halogens is 5. The number of nitrogens with zero attached hydrogens (tertiary/aromatic N) is 3. The highest BCUT2D eigenvalue weighted by Gasteiger charge is 2.74. The maximum atomic E-state index is 14.7. The van der Waals surface area contributed by atoms with Crippen LogP contribution in [0.5, 0.6) is 0 Å². The van der Waals surface area contributed by atoms with Gasteiger partial charge in [-0.3, -0.25) is 9.59 Å². The molecule has 0 radical (unpaired) electrons. The summed E-state index contributed by atoms with van der Waals surface area (Å²) >= 11 is 0. The van der Waals surface area contributed by atoms with E-state index in [0.717, 1.165) is 55.1 Å². The van der Waals surface area contributed by atoms with Crippen molar-refractivity contribution < 1.29 is 36.6 Å². The van der Waals surface area contributed by atoms with Gasteiger partial charge in [0.05, 0.1) is 0 Å². The van der Waals surface area contributed by atoms with Gasteiger partial charge in [-0.15, -0.1) is 0 Å². The quantitative estimate of drug-likeness (QED) is 0.450. The van der Waals surface area contributed by atoms with Crippen LogP contribution < -0.4 is 4.90 Å². The zero-order valence-electron chi connectivity index (χ0n) is 23.2. The predicted octanol–water partition coefficient (Wildman–Crippen LogP) is 5.32. The molecule has 6 nitrogen and oxygen atoms in total. The first-order chi connectivity index (χ1) is 19.3. The predicted molar refractivity (Wildman–Crippen MR) is 145 cm³/mol. The molecule has 1 atom stereocenters. The molecule has 2 amide bonds. The molecule has 2 aromatic carbocycles. The van der Waals surface area contributed by atoms with Crippen LogP contribution in [0.3, 0.4) is 0 Å². The number of alkyl halides is 5. The van der Waals surface area contributed by atoms with Gasteiger partial charge in [0.25, 0.3) is 11.8 Å². The molecule has 0 saturated carbocycles. The molecule has 2 fully saturated rings. The summed E-state index contributed by atoms with van der Waals surface area (Å²) in [6.07, 6.45) is -2.41. The Labute approximate surface area is 236 Å². The SMILES string of the molecule is CN(C)C(=O)c1ccc(N2CCC(CC3CCN(C(=O)[C@](O)(c4ccccc4)C(F)(F)C(F)(F)F)CC3)CC2)cc1. The first-order valence-electron chi connectivity index (χ1n) is 13.8. The molecule has 2 aliphatic heterocycles. The van der Waals surface area contributed by atoms with Gasteiger partial charge in [-0.05, 0) is 73.8 Å². The molecule has 2 saturated heterocycles. The van der Waals surface area contributed by atoms with Crippen molar-refractivity contribution in [3.63, 3.8) is 0 Å². The van der Waals surface area contributed by atoms with Gasteiger partial charge in [0.2, 0.25) is 5.60 Å². The minimum Gasteiger partial charge on any atom is -0.372 e. The Morgan fingerprint density at radius 2 is 1.34 bits per heavy atom. The van der Waals surface area contributed by atoms with Crippen LogP contribution in [0.15, 0.2) is 54.6 Å². The fourth-order valence-corrected chi connectivity index (χ4v) is 5.90. The van der Waals surface area contributed by atoms with Crippen LogP contribution in [0, 0.1) is 11.8 Å². The van der Waals surface area contributed by atoms with E-state index in [2.05, 4.69) is 4.90 Å². The second-order valence-electron chi connectivity index (χ2n) is 11.3. The number of hydrogen-bond acceptors (Lipinski definition) is 4. The molecule has 0 aliphatic carbocycles. The van der Waals surface area contributed by atoms with Crippen LogP contribution in [0.2, 0.25) is 0 Å². The highest BCUT2D eigenvalue weighted by Crippen LogP contribution is 2.49. The molecule has 2 heterocycles. The van der Waals surface area contributed by atoms with Crippen molar-refractivity contribution in [2.24, 2.45) is 11.8 Å². The first kappa shape index (κ1) is 30.7. The van der Waals surface area contributed by atoms with Gasteiger partial charge in [0.15, 0.2) is 0 Å². The van der Waals surface area contributed by atoms with Crippen molar-refractivity contribution in [3.8, 4) is 0 Å². The van der Waals surface area contributed by atoms with E-state index >= 15 is 0 Å². The average molecular weight is 582 g/mol. The van der Waals surface area contributed by atoms with E-state index in [4.69, 9.17) is 0 Å². The summed E-state index contributed by atoms with van der Waals surface area (Å²) in [5.41, 5.74) is -3.17. The number of aliphatic hydroxyl groups is 1. The number of benzene rings is 2. The maximum absolute atomic E-state index is 14.7. The van der Waals surface area contributed by atoms with Crippen molar-refractivity contribution in [2.75, 3.05) is 45.2 Å². The fourth-order valence-electron chi connectivity index (χ4n) is 5.90. The normalized spacial score (nSPS) is 19.1. The molecule has 2 aliphatic rings. The lowest BCUT2D eigenvalue weighted by Gasteiger charge is -2.42. The number of anilines is 1. The van der Waals surface area contributed by atoms with Crippen LogP contribution >= 0.6 is 0 Å². The van der Waals surface area contributed by atoms with E-state index in [1.165, 1.54) is 23.1 Å². The Kier molecular flexibility index (Phi) is 8.96. The van der Waals surface area contributed by atoms with E-state index in [-0.39, 0.29) is 24.9 Å². The van der Waals surface area contributed by atoms with Crippen LogP contribution in [0.1, 0.15) is 48.0 Å². The van der Waals surface area contributed by atoms with E-state index < -0.39 is 29.2 Å². The number of amides is 2. The number of rotatable bonds is 7. The summed E-state index contributed by atoms with van der Waals surface area (Å²) in [5, 5.41) is 10.8. The molecule has 11 heteroatoms. The number of carbonyl (C=O) groups excluding carboxylic acids is 2. The number of likely N-dealkylation sites (tertiary alicyclic amines) is 1. The maximum Gasteiger partial charge on any atom is 0.457 e. The van der Waals surface area contributed by atoms with Crippen molar-refractivity contribution >= 4 is 17.5 Å². The molecule has 0 aromatic heterocycles. The van der Waals surface area contributed by atoms with Crippen molar-refractivity contribution in [2.45, 2.75) is 49.8 Å². The molecule has 0 spiro atoms. The van der Waals surface area contributed by atoms with Gasteiger partial charge >= 0.3 is 12.1 Å². The highest BCUT2D eigenvalue weighted by molar-refractivity contribution is 5.94. The largest absolute Gasteiger partial charge is 0.457 e. The van der Waals surface area contributed by atoms with E-state index in [1.807, 2.05) is 24.3 Å². The van der Waals surface area contributed by atoms with Crippen LogP contribution in [0.25, 0.3) is 0 Å². The second-order valence-corrected chi connectivity index (χ2v) is 11.3. The molecule has 0 bridgehead atoms. The summed E-state index contributed by atoms with van der Waals surface area (Å²) in [6.45, 7) is 1.70. The molecule has 2 aromatic rings. The van der Waals surface area contributed by atoms with Gasteiger partial charge in [0, 0.05) is 51.5 Å². The Morgan fingerprint density at radius 3 is 1.83 bits per heavy atom. The summed E-state index contributed by atoms with van der Waals surface area (Å²) in [7, 11) is 3.42. The molecule has 4 rings (SSSR count).